The molecule has 0 bridgehead atoms. The van der Waals surface area contributed by atoms with Gasteiger partial charge in [-0.1, -0.05) is 53.2 Å². The SMILES string of the molecule is CCCOc1ccccc1C(C)(N)c1ccc(Br)cc1. The first-order chi connectivity index (χ1) is 9.55. The van der Waals surface area contributed by atoms with E-state index in [2.05, 4.69) is 22.9 Å². The zero-order valence-electron chi connectivity index (χ0n) is 11.9. The lowest BCUT2D eigenvalue weighted by Crippen LogP contribution is -2.34. The minimum absolute atomic E-state index is 0.578. The molecule has 2 nitrogen and oxygen atoms in total. The zero-order valence-corrected chi connectivity index (χ0v) is 13.5. The second kappa shape index (κ2) is 6.42. The number of hydrogen-bond donors (Lipinski definition) is 1. The molecule has 0 fully saturated rings. The van der Waals surface area contributed by atoms with Crippen molar-refractivity contribution >= 4 is 15.9 Å². The van der Waals surface area contributed by atoms with Crippen LogP contribution in [0.15, 0.2) is 53.0 Å². The molecule has 1 atom stereocenters. The monoisotopic (exact) mass is 333 g/mol. The molecule has 0 saturated heterocycles. The van der Waals surface area contributed by atoms with E-state index in [1.54, 1.807) is 0 Å². The molecular formula is C17H20BrNO. The summed E-state index contributed by atoms with van der Waals surface area (Å²) in [5, 5.41) is 0. The molecule has 0 spiro atoms. The minimum atomic E-state index is -0.578. The molecule has 2 aromatic carbocycles. The number of rotatable bonds is 5. The van der Waals surface area contributed by atoms with Crippen molar-refractivity contribution in [2.75, 3.05) is 6.61 Å². The molecule has 0 saturated carbocycles. The van der Waals surface area contributed by atoms with Gasteiger partial charge in [-0.15, -0.1) is 0 Å². The van der Waals surface area contributed by atoms with Crippen molar-refractivity contribution in [2.24, 2.45) is 5.73 Å². The molecule has 2 rings (SSSR count). The first-order valence-corrected chi connectivity index (χ1v) is 7.62. The summed E-state index contributed by atoms with van der Waals surface area (Å²) in [5.74, 6) is 0.863. The predicted octanol–water partition coefficient (Wildman–Crippen LogP) is 4.46. The van der Waals surface area contributed by atoms with E-state index in [-0.39, 0.29) is 0 Å². The number of hydrogen-bond acceptors (Lipinski definition) is 2. The summed E-state index contributed by atoms with van der Waals surface area (Å²) in [7, 11) is 0. The van der Waals surface area contributed by atoms with Crippen LogP contribution in [-0.2, 0) is 5.54 Å². The van der Waals surface area contributed by atoms with Crippen LogP contribution in [0.1, 0.15) is 31.4 Å². The van der Waals surface area contributed by atoms with Crippen LogP contribution >= 0.6 is 15.9 Å². The molecular weight excluding hydrogens is 314 g/mol. The molecule has 0 aromatic heterocycles. The smallest absolute Gasteiger partial charge is 0.124 e. The average Bonchev–Trinajstić information content (AvgIpc) is 2.46. The van der Waals surface area contributed by atoms with Crippen LogP contribution < -0.4 is 10.5 Å². The first kappa shape index (κ1) is 15.1. The standard InChI is InChI=1S/C17H20BrNO/c1-3-12-20-16-7-5-4-6-15(16)17(2,19)13-8-10-14(18)11-9-13/h4-11H,3,12,19H2,1-2H3. The average molecular weight is 334 g/mol. The molecule has 0 aliphatic carbocycles. The fraction of sp³-hybridized carbons (Fsp3) is 0.294. The van der Waals surface area contributed by atoms with E-state index < -0.39 is 5.54 Å². The third-order valence-corrected chi connectivity index (χ3v) is 3.88. The Morgan fingerprint density at radius 2 is 1.75 bits per heavy atom. The lowest BCUT2D eigenvalue weighted by Gasteiger charge is -2.28. The third kappa shape index (κ3) is 3.22. The van der Waals surface area contributed by atoms with E-state index in [9.17, 15) is 0 Å². The van der Waals surface area contributed by atoms with Gasteiger partial charge in [0.25, 0.3) is 0 Å². The van der Waals surface area contributed by atoms with Crippen molar-refractivity contribution in [3.63, 3.8) is 0 Å². The number of halogens is 1. The van der Waals surface area contributed by atoms with Crippen LogP contribution in [0.25, 0.3) is 0 Å². The highest BCUT2D eigenvalue weighted by molar-refractivity contribution is 9.10. The van der Waals surface area contributed by atoms with Gasteiger partial charge in [-0.3, -0.25) is 0 Å². The predicted molar refractivity (Wildman–Crippen MR) is 87.0 cm³/mol. The molecule has 3 heteroatoms. The molecule has 20 heavy (non-hydrogen) atoms. The van der Waals surface area contributed by atoms with Crippen LogP contribution in [0.3, 0.4) is 0 Å². The molecule has 0 radical (unpaired) electrons. The molecule has 0 aliphatic rings. The second-order valence-electron chi connectivity index (χ2n) is 5.05. The minimum Gasteiger partial charge on any atom is -0.493 e. The van der Waals surface area contributed by atoms with Crippen LogP contribution in [0.5, 0.6) is 5.75 Å². The Kier molecular flexibility index (Phi) is 4.84. The number of para-hydroxylation sites is 1. The molecule has 0 heterocycles. The van der Waals surface area contributed by atoms with Crippen molar-refractivity contribution in [3.8, 4) is 5.75 Å². The fourth-order valence-electron chi connectivity index (χ4n) is 2.19. The van der Waals surface area contributed by atoms with E-state index in [4.69, 9.17) is 10.5 Å². The molecule has 106 valence electrons. The lowest BCUT2D eigenvalue weighted by molar-refractivity contribution is 0.309. The highest BCUT2D eigenvalue weighted by atomic mass is 79.9. The Balaban J connectivity index is 2.40. The van der Waals surface area contributed by atoms with Crippen molar-refractivity contribution in [1.82, 2.24) is 0 Å². The summed E-state index contributed by atoms with van der Waals surface area (Å²) in [4.78, 5) is 0. The van der Waals surface area contributed by atoms with Gasteiger partial charge < -0.3 is 10.5 Å². The van der Waals surface area contributed by atoms with E-state index in [1.165, 1.54) is 0 Å². The largest absolute Gasteiger partial charge is 0.493 e. The van der Waals surface area contributed by atoms with Crippen LogP contribution in [0, 0.1) is 0 Å². The quantitative estimate of drug-likeness (QED) is 0.876. The number of ether oxygens (including phenoxy) is 1. The van der Waals surface area contributed by atoms with Gasteiger partial charge in [0.15, 0.2) is 0 Å². The third-order valence-electron chi connectivity index (χ3n) is 3.35. The van der Waals surface area contributed by atoms with E-state index in [0.29, 0.717) is 6.61 Å². The normalized spacial score (nSPS) is 13.8. The van der Waals surface area contributed by atoms with Crippen molar-refractivity contribution in [2.45, 2.75) is 25.8 Å². The van der Waals surface area contributed by atoms with Crippen molar-refractivity contribution in [3.05, 3.63) is 64.1 Å². The Labute approximate surface area is 129 Å². The van der Waals surface area contributed by atoms with Crippen LogP contribution in [-0.4, -0.2) is 6.61 Å². The summed E-state index contributed by atoms with van der Waals surface area (Å²) in [5.41, 5.74) is 8.08. The first-order valence-electron chi connectivity index (χ1n) is 6.83. The lowest BCUT2D eigenvalue weighted by atomic mass is 9.85. The Morgan fingerprint density at radius 1 is 1.10 bits per heavy atom. The summed E-state index contributed by atoms with van der Waals surface area (Å²) in [6.07, 6.45) is 0.980. The molecule has 2 aromatic rings. The summed E-state index contributed by atoms with van der Waals surface area (Å²) in [6.45, 7) is 4.82. The summed E-state index contributed by atoms with van der Waals surface area (Å²) in [6, 6.07) is 16.1. The van der Waals surface area contributed by atoms with E-state index >= 15 is 0 Å². The van der Waals surface area contributed by atoms with E-state index in [0.717, 1.165) is 27.8 Å². The van der Waals surface area contributed by atoms with Gasteiger partial charge in [0.2, 0.25) is 0 Å². The van der Waals surface area contributed by atoms with Gasteiger partial charge in [-0.25, -0.2) is 0 Å². The van der Waals surface area contributed by atoms with Gasteiger partial charge >= 0.3 is 0 Å². The zero-order chi connectivity index (χ0) is 14.6. The maximum Gasteiger partial charge on any atom is 0.124 e. The van der Waals surface area contributed by atoms with Crippen LogP contribution in [0.2, 0.25) is 0 Å². The van der Waals surface area contributed by atoms with Gasteiger partial charge in [0, 0.05) is 10.0 Å². The van der Waals surface area contributed by atoms with Crippen molar-refractivity contribution in [1.29, 1.82) is 0 Å². The molecule has 1 unspecified atom stereocenters. The van der Waals surface area contributed by atoms with Gasteiger partial charge in [-0.05, 0) is 37.1 Å². The van der Waals surface area contributed by atoms with Gasteiger partial charge in [-0.2, -0.15) is 0 Å². The Bertz CT molecular complexity index is 563. The molecule has 0 amide bonds. The summed E-state index contributed by atoms with van der Waals surface area (Å²) < 4.78 is 6.88. The summed E-state index contributed by atoms with van der Waals surface area (Å²) >= 11 is 3.45. The van der Waals surface area contributed by atoms with Crippen LogP contribution in [0.4, 0.5) is 0 Å². The Morgan fingerprint density at radius 3 is 2.40 bits per heavy atom. The maximum absolute atomic E-state index is 6.59. The highest BCUT2D eigenvalue weighted by Gasteiger charge is 2.27. The second-order valence-corrected chi connectivity index (χ2v) is 5.97. The molecule has 0 aliphatic heterocycles. The number of nitrogens with two attached hydrogens (primary N) is 1. The number of benzene rings is 2. The van der Waals surface area contributed by atoms with Gasteiger partial charge in [0.1, 0.15) is 5.75 Å². The van der Waals surface area contributed by atoms with E-state index in [1.807, 2.05) is 55.5 Å². The van der Waals surface area contributed by atoms with Crippen molar-refractivity contribution < 1.29 is 4.74 Å². The molecule has 2 N–H and O–H groups in total. The van der Waals surface area contributed by atoms with Gasteiger partial charge in [0.05, 0.1) is 12.1 Å². The fourth-order valence-corrected chi connectivity index (χ4v) is 2.45. The highest BCUT2D eigenvalue weighted by Crippen LogP contribution is 2.33. The Hall–Kier alpha value is -1.32. The maximum atomic E-state index is 6.59. The topological polar surface area (TPSA) is 35.2 Å².